The molecule has 0 saturated heterocycles. The quantitative estimate of drug-likeness (QED) is 0.353. The van der Waals surface area contributed by atoms with Crippen molar-refractivity contribution in [1.29, 1.82) is 0 Å². The Labute approximate surface area is 169 Å². The first-order valence-corrected chi connectivity index (χ1v) is 8.59. The van der Waals surface area contributed by atoms with Gasteiger partial charge >= 0.3 is 0 Å². The van der Waals surface area contributed by atoms with E-state index < -0.39 is 5.91 Å². The first-order valence-electron chi connectivity index (χ1n) is 8.59. The van der Waals surface area contributed by atoms with Crippen LogP contribution in [0.4, 0.5) is 5.82 Å². The van der Waals surface area contributed by atoms with Crippen LogP contribution in [-0.4, -0.2) is 49.5 Å². The van der Waals surface area contributed by atoms with E-state index in [1.54, 1.807) is 48.8 Å². The third kappa shape index (κ3) is 3.69. The SMILES string of the molecule is COc1cccc(-c2c(C(=O)NN=Cc3cccnc3)nnn2-c2nonc2N)c1. The lowest BCUT2D eigenvalue weighted by Crippen LogP contribution is -2.19. The summed E-state index contributed by atoms with van der Waals surface area (Å²) in [6.07, 6.45) is 4.70. The molecule has 0 bridgehead atoms. The summed E-state index contributed by atoms with van der Waals surface area (Å²) in [6, 6.07) is 10.6. The maximum Gasteiger partial charge on any atom is 0.294 e. The molecule has 0 aliphatic rings. The van der Waals surface area contributed by atoms with Crippen LogP contribution in [0.2, 0.25) is 0 Å². The van der Waals surface area contributed by atoms with Gasteiger partial charge < -0.3 is 10.5 Å². The number of nitrogens with zero attached hydrogens (tertiary/aromatic N) is 7. The van der Waals surface area contributed by atoms with Crippen LogP contribution in [0.1, 0.15) is 16.1 Å². The van der Waals surface area contributed by atoms with E-state index in [-0.39, 0.29) is 17.3 Å². The highest BCUT2D eigenvalue weighted by molar-refractivity contribution is 5.98. The number of pyridine rings is 1. The smallest absolute Gasteiger partial charge is 0.294 e. The fraction of sp³-hybridized carbons (Fsp3) is 0.0556. The number of rotatable bonds is 6. The van der Waals surface area contributed by atoms with Gasteiger partial charge in [0.05, 0.1) is 13.3 Å². The maximum atomic E-state index is 12.8. The summed E-state index contributed by atoms with van der Waals surface area (Å²) in [4.78, 5) is 16.7. The molecule has 30 heavy (non-hydrogen) atoms. The van der Waals surface area contributed by atoms with Crippen LogP contribution in [0.5, 0.6) is 5.75 Å². The summed E-state index contributed by atoms with van der Waals surface area (Å²) in [5.74, 6) is 0.0746. The first-order chi connectivity index (χ1) is 14.7. The molecule has 0 unspecified atom stereocenters. The van der Waals surface area contributed by atoms with E-state index >= 15 is 0 Å². The van der Waals surface area contributed by atoms with Crippen molar-refractivity contribution in [2.75, 3.05) is 12.8 Å². The Bertz CT molecular complexity index is 1200. The molecule has 1 aromatic carbocycles. The second-order valence-corrected chi connectivity index (χ2v) is 5.89. The number of methoxy groups -OCH3 is 1. The summed E-state index contributed by atoms with van der Waals surface area (Å²) < 4.78 is 11.2. The summed E-state index contributed by atoms with van der Waals surface area (Å²) in [5, 5.41) is 19.2. The van der Waals surface area contributed by atoms with Gasteiger partial charge in [0.1, 0.15) is 11.4 Å². The van der Waals surface area contributed by atoms with Gasteiger partial charge in [-0.05, 0) is 28.5 Å². The van der Waals surface area contributed by atoms with Crippen LogP contribution in [0, 0.1) is 0 Å². The van der Waals surface area contributed by atoms with Gasteiger partial charge in [0.2, 0.25) is 11.6 Å². The van der Waals surface area contributed by atoms with Crippen molar-refractivity contribution >= 4 is 17.9 Å². The highest BCUT2D eigenvalue weighted by Gasteiger charge is 2.25. The van der Waals surface area contributed by atoms with Crippen LogP contribution in [-0.2, 0) is 0 Å². The number of carbonyl (C=O) groups is 1. The van der Waals surface area contributed by atoms with Crippen molar-refractivity contribution in [2.24, 2.45) is 5.10 Å². The van der Waals surface area contributed by atoms with E-state index in [1.807, 2.05) is 0 Å². The number of hydrogen-bond donors (Lipinski definition) is 2. The molecule has 4 aromatic rings. The van der Waals surface area contributed by atoms with Gasteiger partial charge in [-0.3, -0.25) is 9.78 Å². The number of hydrazone groups is 1. The fourth-order valence-electron chi connectivity index (χ4n) is 2.62. The summed E-state index contributed by atoms with van der Waals surface area (Å²) in [7, 11) is 1.54. The van der Waals surface area contributed by atoms with Crippen LogP contribution in [0.25, 0.3) is 17.1 Å². The Morgan fingerprint density at radius 2 is 2.20 bits per heavy atom. The second kappa shape index (κ2) is 8.18. The Morgan fingerprint density at radius 3 is 2.93 bits per heavy atom. The molecular weight excluding hydrogens is 390 g/mol. The molecule has 0 aliphatic carbocycles. The molecule has 3 aromatic heterocycles. The number of amides is 1. The zero-order chi connectivity index (χ0) is 20.9. The van der Waals surface area contributed by atoms with Gasteiger partial charge in [0.25, 0.3) is 5.91 Å². The van der Waals surface area contributed by atoms with Gasteiger partial charge in [0.15, 0.2) is 5.69 Å². The molecular formula is C18H15N9O3. The zero-order valence-electron chi connectivity index (χ0n) is 15.6. The van der Waals surface area contributed by atoms with Gasteiger partial charge in [0, 0.05) is 23.5 Å². The Kier molecular flexibility index (Phi) is 5.11. The van der Waals surface area contributed by atoms with Crippen LogP contribution >= 0.6 is 0 Å². The molecule has 150 valence electrons. The number of aromatic nitrogens is 6. The third-order valence-corrected chi connectivity index (χ3v) is 3.99. The number of nitrogen functional groups attached to an aromatic ring is 1. The number of carbonyl (C=O) groups excluding carboxylic acids is 1. The largest absolute Gasteiger partial charge is 0.497 e. The molecule has 1 amide bonds. The molecule has 0 aliphatic heterocycles. The molecule has 0 atom stereocenters. The average molecular weight is 405 g/mol. The predicted molar refractivity (Wildman–Crippen MR) is 105 cm³/mol. The third-order valence-electron chi connectivity index (χ3n) is 3.99. The Hall–Kier alpha value is -4.61. The molecule has 0 fully saturated rings. The fourth-order valence-corrected chi connectivity index (χ4v) is 2.62. The van der Waals surface area contributed by atoms with Crippen molar-refractivity contribution in [3.8, 4) is 22.8 Å². The topological polar surface area (TPSA) is 159 Å². The van der Waals surface area contributed by atoms with E-state index in [0.29, 0.717) is 17.0 Å². The minimum atomic E-state index is -0.589. The number of hydrogen-bond acceptors (Lipinski definition) is 10. The summed E-state index contributed by atoms with van der Waals surface area (Å²) in [5.41, 5.74) is 9.83. The lowest BCUT2D eigenvalue weighted by atomic mass is 10.1. The minimum Gasteiger partial charge on any atom is -0.497 e. The van der Waals surface area contributed by atoms with Crippen molar-refractivity contribution in [3.63, 3.8) is 0 Å². The molecule has 12 heteroatoms. The lowest BCUT2D eigenvalue weighted by molar-refractivity contribution is 0.0950. The molecule has 3 N–H and O–H groups in total. The minimum absolute atomic E-state index is 0.00557. The normalized spacial score (nSPS) is 11.0. The number of ether oxygens (including phenoxy) is 1. The van der Waals surface area contributed by atoms with E-state index in [4.69, 9.17) is 10.5 Å². The number of anilines is 1. The average Bonchev–Trinajstić information content (AvgIpc) is 3.40. The Morgan fingerprint density at radius 1 is 1.30 bits per heavy atom. The number of benzene rings is 1. The summed E-state index contributed by atoms with van der Waals surface area (Å²) >= 11 is 0. The van der Waals surface area contributed by atoms with Gasteiger partial charge in [-0.2, -0.15) is 9.78 Å². The highest BCUT2D eigenvalue weighted by Crippen LogP contribution is 2.28. The van der Waals surface area contributed by atoms with Crippen molar-refractivity contribution in [3.05, 3.63) is 60.0 Å². The van der Waals surface area contributed by atoms with Crippen molar-refractivity contribution < 1.29 is 14.2 Å². The maximum absolute atomic E-state index is 12.8. The molecule has 3 heterocycles. The van der Waals surface area contributed by atoms with Crippen LogP contribution in [0.15, 0.2) is 58.5 Å². The molecule has 12 nitrogen and oxygen atoms in total. The molecule has 0 saturated carbocycles. The van der Waals surface area contributed by atoms with E-state index in [9.17, 15) is 4.79 Å². The predicted octanol–water partition coefficient (Wildman–Crippen LogP) is 1.07. The highest BCUT2D eigenvalue weighted by atomic mass is 16.6. The van der Waals surface area contributed by atoms with E-state index in [2.05, 4.69) is 40.8 Å². The monoisotopic (exact) mass is 405 g/mol. The van der Waals surface area contributed by atoms with E-state index in [1.165, 1.54) is 18.0 Å². The van der Waals surface area contributed by atoms with Gasteiger partial charge in [-0.25, -0.2) is 10.1 Å². The van der Waals surface area contributed by atoms with Crippen LogP contribution < -0.4 is 15.9 Å². The molecule has 0 spiro atoms. The Balaban J connectivity index is 1.72. The standard InChI is InChI=1S/C18H15N9O3/c1-29-13-6-2-5-12(8-13)15-14(22-26-27(15)17-16(19)24-30-25-17)18(28)23-21-10-11-4-3-7-20-9-11/h2-10H,1H3,(H2,19,24)(H,23,28). The second-order valence-electron chi connectivity index (χ2n) is 5.89. The summed E-state index contributed by atoms with van der Waals surface area (Å²) in [6.45, 7) is 0. The lowest BCUT2D eigenvalue weighted by Gasteiger charge is -2.07. The van der Waals surface area contributed by atoms with Crippen molar-refractivity contribution in [1.82, 2.24) is 35.7 Å². The van der Waals surface area contributed by atoms with Gasteiger partial charge in [-0.1, -0.05) is 23.4 Å². The van der Waals surface area contributed by atoms with Crippen molar-refractivity contribution in [2.45, 2.75) is 0 Å². The van der Waals surface area contributed by atoms with Crippen LogP contribution in [0.3, 0.4) is 0 Å². The van der Waals surface area contributed by atoms with E-state index in [0.717, 1.165) is 5.56 Å². The zero-order valence-corrected chi connectivity index (χ0v) is 15.6. The number of nitrogens with two attached hydrogens (primary N) is 1. The molecule has 4 rings (SSSR count). The molecule has 0 radical (unpaired) electrons. The first kappa shape index (κ1) is 18.7. The van der Waals surface area contributed by atoms with Gasteiger partial charge in [-0.15, -0.1) is 5.10 Å². The number of nitrogens with one attached hydrogen (secondary N) is 1.